The van der Waals surface area contributed by atoms with Crippen molar-refractivity contribution >= 4 is 11.3 Å². The number of nitrogens with zero attached hydrogens (tertiary/aromatic N) is 1. The summed E-state index contributed by atoms with van der Waals surface area (Å²) < 4.78 is 37.6. The second-order valence-corrected chi connectivity index (χ2v) is 5.88. The van der Waals surface area contributed by atoms with E-state index >= 15 is 0 Å². The number of aliphatic hydroxyl groups excluding tert-OH is 1. The van der Waals surface area contributed by atoms with E-state index in [9.17, 15) is 18.3 Å². The van der Waals surface area contributed by atoms with E-state index in [4.69, 9.17) is 0 Å². The van der Waals surface area contributed by atoms with Crippen LogP contribution in [0.15, 0.2) is 24.3 Å². The molecule has 1 atom stereocenters. The quantitative estimate of drug-likeness (QED) is 0.864. The van der Waals surface area contributed by atoms with Gasteiger partial charge < -0.3 is 5.11 Å². The molecule has 0 saturated carbocycles. The molecule has 2 rings (SSSR count). The van der Waals surface area contributed by atoms with E-state index in [1.54, 1.807) is 6.92 Å². The van der Waals surface area contributed by atoms with Gasteiger partial charge in [0.15, 0.2) is 0 Å². The molecular weight excluding hydrogens is 299 g/mol. The van der Waals surface area contributed by atoms with Crippen LogP contribution >= 0.6 is 11.3 Å². The van der Waals surface area contributed by atoms with Gasteiger partial charge in [-0.2, -0.15) is 13.2 Å². The van der Waals surface area contributed by atoms with Gasteiger partial charge >= 0.3 is 6.18 Å². The monoisotopic (exact) mass is 315 g/mol. The van der Waals surface area contributed by atoms with Gasteiger partial charge in [0.1, 0.15) is 5.01 Å². The van der Waals surface area contributed by atoms with Crippen molar-refractivity contribution in [3.8, 4) is 10.6 Å². The van der Waals surface area contributed by atoms with Crippen LogP contribution in [-0.2, 0) is 6.18 Å². The molecule has 2 aromatic rings. The minimum absolute atomic E-state index is 0.560. The van der Waals surface area contributed by atoms with Crippen molar-refractivity contribution < 1.29 is 18.3 Å². The molecule has 6 heteroatoms. The Labute approximate surface area is 125 Å². The van der Waals surface area contributed by atoms with E-state index in [1.807, 2.05) is 6.92 Å². The zero-order valence-corrected chi connectivity index (χ0v) is 12.6. The number of rotatable bonds is 4. The zero-order valence-electron chi connectivity index (χ0n) is 11.7. The Hall–Kier alpha value is -1.40. The Bertz CT molecular complexity index is 604. The van der Waals surface area contributed by atoms with E-state index in [0.717, 1.165) is 29.1 Å². The molecular formula is C15H16F3NOS. The highest BCUT2D eigenvalue weighted by molar-refractivity contribution is 7.15. The molecule has 1 N–H and O–H groups in total. The van der Waals surface area contributed by atoms with Crippen LogP contribution in [0.2, 0.25) is 0 Å². The number of hydrogen-bond donors (Lipinski definition) is 1. The van der Waals surface area contributed by atoms with Crippen LogP contribution in [0.5, 0.6) is 0 Å². The third kappa shape index (κ3) is 3.63. The lowest BCUT2D eigenvalue weighted by atomic mass is 10.1. The fourth-order valence-electron chi connectivity index (χ4n) is 2.05. The first-order valence-electron chi connectivity index (χ1n) is 6.66. The Morgan fingerprint density at radius 3 is 2.38 bits per heavy atom. The summed E-state index contributed by atoms with van der Waals surface area (Å²) in [6.45, 7) is 3.79. The molecule has 1 heterocycles. The maximum atomic E-state index is 12.5. The van der Waals surface area contributed by atoms with Gasteiger partial charge in [0, 0.05) is 5.56 Å². The lowest BCUT2D eigenvalue weighted by molar-refractivity contribution is -0.137. The highest BCUT2D eigenvalue weighted by atomic mass is 32.1. The third-order valence-electron chi connectivity index (χ3n) is 3.16. The Morgan fingerprint density at radius 1 is 1.24 bits per heavy atom. The molecule has 0 radical (unpaired) electrons. The molecule has 0 aliphatic carbocycles. The van der Waals surface area contributed by atoms with Crippen molar-refractivity contribution in [2.24, 2.45) is 0 Å². The van der Waals surface area contributed by atoms with Crippen molar-refractivity contribution in [1.82, 2.24) is 4.98 Å². The molecule has 0 amide bonds. The summed E-state index contributed by atoms with van der Waals surface area (Å²) in [6.07, 6.45) is -3.39. The van der Waals surface area contributed by atoms with E-state index < -0.39 is 17.8 Å². The molecule has 114 valence electrons. The molecule has 0 bridgehead atoms. The summed E-state index contributed by atoms with van der Waals surface area (Å²) in [7, 11) is 0. The predicted octanol–water partition coefficient (Wildman–Crippen LogP) is 4.97. The number of hydrogen-bond acceptors (Lipinski definition) is 3. The summed E-state index contributed by atoms with van der Waals surface area (Å²) in [5, 5.41) is 10.7. The number of benzene rings is 1. The van der Waals surface area contributed by atoms with Gasteiger partial charge in [0.2, 0.25) is 0 Å². The molecule has 21 heavy (non-hydrogen) atoms. The molecule has 0 aliphatic rings. The van der Waals surface area contributed by atoms with Gasteiger partial charge in [-0.05, 0) is 25.5 Å². The topological polar surface area (TPSA) is 33.1 Å². The maximum Gasteiger partial charge on any atom is 0.416 e. The maximum absolute atomic E-state index is 12.5. The van der Waals surface area contributed by atoms with Crippen molar-refractivity contribution in [3.63, 3.8) is 0 Å². The van der Waals surface area contributed by atoms with Gasteiger partial charge in [-0.25, -0.2) is 4.98 Å². The highest BCUT2D eigenvalue weighted by Crippen LogP contribution is 2.35. The van der Waals surface area contributed by atoms with Crippen LogP contribution in [0.4, 0.5) is 13.2 Å². The molecule has 1 aromatic heterocycles. The summed E-state index contributed by atoms with van der Waals surface area (Å²) in [6, 6.07) is 4.93. The lowest BCUT2D eigenvalue weighted by Gasteiger charge is -2.07. The summed E-state index contributed by atoms with van der Waals surface area (Å²) in [5.74, 6) is 0. The van der Waals surface area contributed by atoms with Crippen LogP contribution in [0.25, 0.3) is 10.6 Å². The minimum Gasteiger partial charge on any atom is -0.388 e. The highest BCUT2D eigenvalue weighted by Gasteiger charge is 2.30. The number of alkyl halides is 3. The normalized spacial score (nSPS) is 13.4. The molecule has 0 fully saturated rings. The number of aliphatic hydroxyl groups is 1. The zero-order chi connectivity index (χ0) is 15.6. The smallest absolute Gasteiger partial charge is 0.388 e. The lowest BCUT2D eigenvalue weighted by Crippen LogP contribution is -2.03. The van der Waals surface area contributed by atoms with Gasteiger partial charge in [-0.3, -0.25) is 0 Å². The standard InChI is InChI=1S/C15H16F3NOS/c1-3-4-12(20)13-9(2)19-14(21-13)10-5-7-11(8-6-10)15(16,17)18/h5-8,12,20H,3-4H2,1-2H3. The Balaban J connectivity index is 2.29. The number of aromatic nitrogens is 1. The number of aryl methyl sites for hydroxylation is 1. The molecule has 1 aromatic carbocycles. The second kappa shape index (κ2) is 6.15. The van der Waals surface area contributed by atoms with Crippen LogP contribution in [0.3, 0.4) is 0 Å². The number of halogens is 3. The van der Waals surface area contributed by atoms with E-state index in [1.165, 1.54) is 23.5 Å². The van der Waals surface area contributed by atoms with Crippen molar-refractivity contribution in [2.45, 2.75) is 39.0 Å². The first kappa shape index (κ1) is 16.0. The first-order chi connectivity index (χ1) is 9.82. The SMILES string of the molecule is CCCC(O)c1sc(-c2ccc(C(F)(F)F)cc2)nc1C. The van der Waals surface area contributed by atoms with Gasteiger partial charge in [0.25, 0.3) is 0 Å². The summed E-state index contributed by atoms with van der Waals surface area (Å²) >= 11 is 1.33. The van der Waals surface area contributed by atoms with E-state index in [2.05, 4.69) is 4.98 Å². The van der Waals surface area contributed by atoms with Crippen molar-refractivity contribution in [2.75, 3.05) is 0 Å². The Morgan fingerprint density at radius 2 is 1.86 bits per heavy atom. The van der Waals surface area contributed by atoms with Crippen LogP contribution < -0.4 is 0 Å². The van der Waals surface area contributed by atoms with Crippen molar-refractivity contribution in [1.29, 1.82) is 0 Å². The largest absolute Gasteiger partial charge is 0.416 e. The first-order valence-corrected chi connectivity index (χ1v) is 7.47. The second-order valence-electron chi connectivity index (χ2n) is 4.85. The van der Waals surface area contributed by atoms with E-state index in [0.29, 0.717) is 17.0 Å². The van der Waals surface area contributed by atoms with Gasteiger partial charge in [0.05, 0.1) is 22.2 Å². The average molecular weight is 315 g/mol. The summed E-state index contributed by atoms with van der Waals surface area (Å²) in [5.41, 5.74) is 0.688. The molecule has 0 aliphatic heterocycles. The predicted molar refractivity (Wildman–Crippen MR) is 77.2 cm³/mol. The molecule has 0 spiro atoms. The fourth-order valence-corrected chi connectivity index (χ4v) is 3.14. The molecule has 1 unspecified atom stereocenters. The van der Waals surface area contributed by atoms with Gasteiger partial charge in [-0.15, -0.1) is 11.3 Å². The Kier molecular flexibility index (Phi) is 4.68. The minimum atomic E-state index is -4.33. The van der Waals surface area contributed by atoms with Crippen molar-refractivity contribution in [3.05, 3.63) is 40.4 Å². The third-order valence-corrected chi connectivity index (χ3v) is 4.46. The van der Waals surface area contributed by atoms with Crippen LogP contribution in [0.1, 0.15) is 42.0 Å². The van der Waals surface area contributed by atoms with E-state index in [-0.39, 0.29) is 0 Å². The fraction of sp³-hybridized carbons (Fsp3) is 0.400. The van der Waals surface area contributed by atoms with Gasteiger partial charge in [-0.1, -0.05) is 25.5 Å². The summed E-state index contributed by atoms with van der Waals surface area (Å²) in [4.78, 5) is 5.14. The van der Waals surface area contributed by atoms with Crippen LogP contribution in [0, 0.1) is 6.92 Å². The number of thiazole rings is 1. The average Bonchev–Trinajstić information content (AvgIpc) is 2.80. The molecule has 0 saturated heterocycles. The molecule has 2 nitrogen and oxygen atoms in total. The van der Waals surface area contributed by atoms with Crippen LogP contribution in [-0.4, -0.2) is 10.1 Å².